The molecule has 1 aliphatic rings. The van der Waals surface area contributed by atoms with Crippen LogP contribution in [0.25, 0.3) is 0 Å². The van der Waals surface area contributed by atoms with Crippen LogP contribution in [0.1, 0.15) is 19.3 Å². The Morgan fingerprint density at radius 2 is 2.44 bits per heavy atom. The van der Waals surface area contributed by atoms with Crippen molar-refractivity contribution in [2.45, 2.75) is 25.3 Å². The van der Waals surface area contributed by atoms with Gasteiger partial charge in [0.1, 0.15) is 5.51 Å². The summed E-state index contributed by atoms with van der Waals surface area (Å²) in [4.78, 5) is 0. The molecule has 1 aromatic rings. The second-order valence-corrected chi connectivity index (χ2v) is 6.37. The van der Waals surface area contributed by atoms with Crippen LogP contribution in [0.5, 0.6) is 0 Å². The third kappa shape index (κ3) is 3.39. The molecule has 0 aromatic carbocycles. The molecule has 1 aromatic heterocycles. The molecule has 1 atom stereocenters. The molecule has 90 valence electrons. The van der Waals surface area contributed by atoms with Crippen molar-refractivity contribution in [3.63, 3.8) is 0 Å². The van der Waals surface area contributed by atoms with Gasteiger partial charge < -0.3 is 5.32 Å². The molecule has 2 heterocycles. The zero-order valence-electron chi connectivity index (χ0n) is 8.72. The first-order valence-electron chi connectivity index (χ1n) is 5.16. The van der Waals surface area contributed by atoms with Crippen LogP contribution in [0.4, 0.5) is 5.13 Å². The quantitative estimate of drug-likeness (QED) is 0.821. The van der Waals surface area contributed by atoms with E-state index in [1.54, 1.807) is 0 Å². The number of rotatable bonds is 4. The third-order valence-electron chi connectivity index (χ3n) is 2.44. The van der Waals surface area contributed by atoms with Crippen molar-refractivity contribution in [2.24, 2.45) is 0 Å². The maximum absolute atomic E-state index is 11.8. The fourth-order valence-corrected chi connectivity index (χ4v) is 3.79. The summed E-state index contributed by atoms with van der Waals surface area (Å²) in [5.74, 6) is 0.104. The zero-order valence-corrected chi connectivity index (χ0v) is 10.4. The smallest absolute Gasteiger partial charge is 0.236 e. The molecule has 0 amide bonds. The van der Waals surface area contributed by atoms with Crippen molar-refractivity contribution in [1.29, 1.82) is 0 Å². The molecule has 1 unspecified atom stereocenters. The highest BCUT2D eigenvalue weighted by molar-refractivity contribution is 7.92. The molecule has 1 aliphatic heterocycles. The fourth-order valence-electron chi connectivity index (χ4n) is 1.72. The highest BCUT2D eigenvalue weighted by atomic mass is 32.2. The minimum atomic E-state index is -3.31. The second-order valence-electron chi connectivity index (χ2n) is 3.77. The van der Waals surface area contributed by atoms with Gasteiger partial charge in [0, 0.05) is 6.04 Å². The van der Waals surface area contributed by atoms with Crippen LogP contribution in [-0.2, 0) is 10.0 Å². The average Bonchev–Trinajstić information content (AvgIpc) is 2.70. The van der Waals surface area contributed by atoms with Crippen molar-refractivity contribution in [3.8, 4) is 0 Å². The number of aromatic nitrogens is 2. The molecule has 1 fully saturated rings. The van der Waals surface area contributed by atoms with E-state index in [0.29, 0.717) is 5.13 Å². The molecule has 1 saturated heterocycles. The number of nitrogens with one attached hydrogen (secondary N) is 2. The first kappa shape index (κ1) is 11.7. The molecular weight excluding hydrogens is 248 g/mol. The number of sulfonamides is 1. The predicted octanol–water partition coefficient (Wildman–Crippen LogP) is 0.422. The molecule has 0 spiro atoms. The van der Waals surface area contributed by atoms with Crippen LogP contribution in [0.2, 0.25) is 0 Å². The predicted molar refractivity (Wildman–Crippen MR) is 63.0 cm³/mol. The molecular formula is C8H14N4O2S2. The van der Waals surface area contributed by atoms with Crippen LogP contribution >= 0.6 is 11.3 Å². The van der Waals surface area contributed by atoms with E-state index in [9.17, 15) is 8.42 Å². The SMILES string of the molecule is O=S(=O)(CC1CCCCN1)Nc1nncs1. The fraction of sp³-hybridized carbons (Fsp3) is 0.750. The molecule has 2 N–H and O–H groups in total. The van der Waals surface area contributed by atoms with Gasteiger partial charge in [-0.3, -0.25) is 4.72 Å². The van der Waals surface area contributed by atoms with Crippen molar-refractivity contribution in [3.05, 3.63) is 5.51 Å². The first-order chi connectivity index (χ1) is 7.66. The van der Waals surface area contributed by atoms with Crippen LogP contribution in [0, 0.1) is 0 Å². The monoisotopic (exact) mass is 262 g/mol. The Morgan fingerprint density at radius 1 is 1.56 bits per heavy atom. The van der Waals surface area contributed by atoms with Gasteiger partial charge in [-0.1, -0.05) is 17.8 Å². The van der Waals surface area contributed by atoms with E-state index in [0.717, 1.165) is 25.8 Å². The van der Waals surface area contributed by atoms with E-state index in [1.165, 1.54) is 16.8 Å². The highest BCUT2D eigenvalue weighted by Gasteiger charge is 2.21. The Hall–Kier alpha value is -0.730. The van der Waals surface area contributed by atoms with E-state index in [2.05, 4.69) is 20.2 Å². The van der Waals surface area contributed by atoms with Crippen molar-refractivity contribution in [2.75, 3.05) is 17.0 Å². The van der Waals surface area contributed by atoms with Crippen molar-refractivity contribution in [1.82, 2.24) is 15.5 Å². The summed E-state index contributed by atoms with van der Waals surface area (Å²) < 4.78 is 25.9. The molecule has 0 saturated carbocycles. The van der Waals surface area contributed by atoms with Gasteiger partial charge in [0.05, 0.1) is 5.75 Å². The van der Waals surface area contributed by atoms with Crippen LogP contribution < -0.4 is 10.0 Å². The number of hydrogen-bond acceptors (Lipinski definition) is 6. The summed E-state index contributed by atoms with van der Waals surface area (Å²) in [6.45, 7) is 0.902. The van der Waals surface area contributed by atoms with Crippen LogP contribution in [0.15, 0.2) is 5.51 Å². The molecule has 2 rings (SSSR count). The summed E-state index contributed by atoms with van der Waals surface area (Å²) in [6.07, 6.45) is 3.13. The average molecular weight is 262 g/mol. The summed E-state index contributed by atoms with van der Waals surface area (Å²) in [5, 5.41) is 10.8. The number of nitrogens with zero attached hydrogens (tertiary/aromatic N) is 2. The van der Waals surface area contributed by atoms with Crippen LogP contribution in [0.3, 0.4) is 0 Å². The molecule has 8 heteroatoms. The van der Waals surface area contributed by atoms with E-state index < -0.39 is 10.0 Å². The van der Waals surface area contributed by atoms with Gasteiger partial charge in [-0.05, 0) is 19.4 Å². The van der Waals surface area contributed by atoms with Gasteiger partial charge in [0.2, 0.25) is 15.2 Å². The van der Waals surface area contributed by atoms with Gasteiger partial charge in [-0.2, -0.15) is 0 Å². The van der Waals surface area contributed by atoms with E-state index in [-0.39, 0.29) is 11.8 Å². The lowest BCUT2D eigenvalue weighted by molar-refractivity contribution is 0.424. The standard InChI is InChI=1S/C8H14N4O2S2/c13-16(14,12-8-11-10-6-15-8)5-7-3-1-2-4-9-7/h6-7,9H,1-5H2,(H,11,12). The lowest BCUT2D eigenvalue weighted by Crippen LogP contribution is -2.40. The summed E-state index contributed by atoms with van der Waals surface area (Å²) in [7, 11) is -3.31. The highest BCUT2D eigenvalue weighted by Crippen LogP contribution is 2.13. The minimum Gasteiger partial charge on any atom is -0.313 e. The van der Waals surface area contributed by atoms with Crippen LogP contribution in [-0.4, -0.2) is 37.0 Å². The Bertz CT molecular complexity index is 411. The third-order valence-corrected chi connectivity index (χ3v) is 4.52. The number of hydrogen-bond donors (Lipinski definition) is 2. The maximum atomic E-state index is 11.8. The molecule has 6 nitrogen and oxygen atoms in total. The maximum Gasteiger partial charge on any atom is 0.236 e. The molecule has 0 bridgehead atoms. The van der Waals surface area contributed by atoms with Gasteiger partial charge >= 0.3 is 0 Å². The Kier molecular flexibility index (Phi) is 3.72. The summed E-state index contributed by atoms with van der Waals surface area (Å²) >= 11 is 1.18. The summed E-state index contributed by atoms with van der Waals surface area (Å²) in [6, 6.07) is 0.0548. The summed E-state index contributed by atoms with van der Waals surface area (Å²) in [5.41, 5.74) is 1.50. The first-order valence-corrected chi connectivity index (χ1v) is 7.69. The van der Waals surface area contributed by atoms with Gasteiger partial charge in [0.15, 0.2) is 0 Å². The molecule has 0 aliphatic carbocycles. The molecule has 16 heavy (non-hydrogen) atoms. The van der Waals surface area contributed by atoms with Gasteiger partial charge in [-0.15, -0.1) is 10.2 Å². The van der Waals surface area contributed by atoms with E-state index >= 15 is 0 Å². The van der Waals surface area contributed by atoms with Gasteiger partial charge in [-0.25, -0.2) is 8.42 Å². The topological polar surface area (TPSA) is 84.0 Å². The van der Waals surface area contributed by atoms with E-state index in [4.69, 9.17) is 0 Å². The Labute approximate surface area is 98.5 Å². The second kappa shape index (κ2) is 5.07. The normalized spacial score (nSPS) is 21.9. The van der Waals surface area contributed by atoms with Crippen molar-refractivity contribution < 1.29 is 8.42 Å². The number of anilines is 1. The lowest BCUT2D eigenvalue weighted by atomic mass is 10.1. The number of piperidine rings is 1. The molecule has 0 radical (unpaired) electrons. The largest absolute Gasteiger partial charge is 0.313 e. The zero-order chi connectivity index (χ0) is 11.4. The van der Waals surface area contributed by atoms with Gasteiger partial charge in [0.25, 0.3) is 0 Å². The lowest BCUT2D eigenvalue weighted by Gasteiger charge is -2.22. The Balaban J connectivity index is 1.92. The Morgan fingerprint density at radius 3 is 3.06 bits per heavy atom. The minimum absolute atomic E-state index is 0.0548. The van der Waals surface area contributed by atoms with Crippen molar-refractivity contribution >= 4 is 26.5 Å². The van der Waals surface area contributed by atoms with E-state index in [1.807, 2.05) is 0 Å².